The van der Waals surface area contributed by atoms with Crippen molar-refractivity contribution in [2.45, 2.75) is 32.6 Å². The normalized spacial score (nSPS) is 10.8. The van der Waals surface area contributed by atoms with Gasteiger partial charge in [-0.1, -0.05) is 32.9 Å². The lowest BCUT2D eigenvalue weighted by Crippen LogP contribution is -2.28. The molecule has 2 rings (SSSR count). The van der Waals surface area contributed by atoms with Gasteiger partial charge in [-0.2, -0.15) is 0 Å². The largest absolute Gasteiger partial charge is 0.493 e. The predicted molar refractivity (Wildman–Crippen MR) is 122 cm³/mol. The van der Waals surface area contributed by atoms with Gasteiger partial charge in [0.05, 0.1) is 32.6 Å². The molecule has 8 nitrogen and oxygen atoms in total. The molecule has 0 bridgehead atoms. The summed E-state index contributed by atoms with van der Waals surface area (Å²) in [4.78, 5) is 36.9. The predicted octanol–water partition coefficient (Wildman–Crippen LogP) is 3.55. The highest BCUT2D eigenvalue weighted by Gasteiger charge is 2.19. The Balaban J connectivity index is 2.00. The zero-order chi connectivity index (χ0) is 23.9. The SMILES string of the molecule is COC(=O)c1cc(OC)c(OC)cc1NC(=O)CCNC(=O)c1ccc(C(C)(C)C)cc1. The first kappa shape index (κ1) is 24.7. The van der Waals surface area contributed by atoms with Crippen molar-refractivity contribution < 1.29 is 28.6 Å². The van der Waals surface area contributed by atoms with Gasteiger partial charge < -0.3 is 24.8 Å². The van der Waals surface area contributed by atoms with Crippen molar-refractivity contribution in [2.75, 3.05) is 33.2 Å². The third-order valence-electron chi connectivity index (χ3n) is 4.85. The molecule has 0 saturated heterocycles. The molecule has 0 aliphatic heterocycles. The molecule has 0 saturated carbocycles. The van der Waals surface area contributed by atoms with Crippen LogP contribution in [0.1, 0.15) is 53.5 Å². The number of carbonyl (C=O) groups is 3. The van der Waals surface area contributed by atoms with Gasteiger partial charge in [0.25, 0.3) is 5.91 Å². The highest BCUT2D eigenvalue weighted by molar-refractivity contribution is 6.02. The van der Waals surface area contributed by atoms with Crippen molar-refractivity contribution in [3.05, 3.63) is 53.1 Å². The topological polar surface area (TPSA) is 103 Å². The van der Waals surface area contributed by atoms with Crippen LogP contribution in [0.25, 0.3) is 0 Å². The van der Waals surface area contributed by atoms with Crippen LogP contribution in [0.4, 0.5) is 5.69 Å². The lowest BCUT2D eigenvalue weighted by molar-refractivity contribution is -0.116. The third-order valence-corrected chi connectivity index (χ3v) is 4.85. The summed E-state index contributed by atoms with van der Waals surface area (Å²) in [5, 5.41) is 5.39. The Morgan fingerprint density at radius 2 is 1.50 bits per heavy atom. The molecule has 0 aliphatic carbocycles. The number of benzene rings is 2. The minimum absolute atomic E-state index is 0.000282. The van der Waals surface area contributed by atoms with Crippen LogP contribution >= 0.6 is 0 Å². The molecule has 2 N–H and O–H groups in total. The molecule has 0 fully saturated rings. The summed E-state index contributed by atoms with van der Waals surface area (Å²) < 4.78 is 15.2. The van der Waals surface area contributed by atoms with E-state index in [0.29, 0.717) is 17.1 Å². The zero-order valence-corrected chi connectivity index (χ0v) is 19.3. The first-order valence-electron chi connectivity index (χ1n) is 10.1. The Hall–Kier alpha value is -3.55. The van der Waals surface area contributed by atoms with Crippen LogP contribution in [0.15, 0.2) is 36.4 Å². The van der Waals surface area contributed by atoms with Crippen molar-refractivity contribution in [3.8, 4) is 11.5 Å². The van der Waals surface area contributed by atoms with Crippen LogP contribution in [0.2, 0.25) is 0 Å². The number of esters is 1. The molecule has 0 aliphatic rings. The van der Waals surface area contributed by atoms with Gasteiger partial charge in [-0.15, -0.1) is 0 Å². The molecule has 0 spiro atoms. The van der Waals surface area contributed by atoms with E-state index in [1.165, 1.54) is 33.5 Å². The van der Waals surface area contributed by atoms with E-state index in [9.17, 15) is 14.4 Å². The number of carbonyl (C=O) groups excluding carboxylic acids is 3. The lowest BCUT2D eigenvalue weighted by Gasteiger charge is -2.19. The molecule has 0 unspecified atom stereocenters. The van der Waals surface area contributed by atoms with Gasteiger partial charge in [0.1, 0.15) is 0 Å². The third kappa shape index (κ3) is 6.23. The molecule has 0 aromatic heterocycles. The summed E-state index contributed by atoms with van der Waals surface area (Å²) in [6.07, 6.45) is 0.0147. The number of anilines is 1. The average molecular weight is 443 g/mol. The minimum atomic E-state index is -0.631. The van der Waals surface area contributed by atoms with Crippen LogP contribution in [-0.2, 0) is 14.9 Å². The van der Waals surface area contributed by atoms with Crippen molar-refractivity contribution in [1.29, 1.82) is 0 Å². The maximum Gasteiger partial charge on any atom is 0.340 e. The molecular formula is C24H30N2O6. The van der Waals surface area contributed by atoms with Crippen molar-refractivity contribution >= 4 is 23.5 Å². The molecule has 0 radical (unpaired) electrons. The van der Waals surface area contributed by atoms with E-state index in [1.807, 2.05) is 12.1 Å². The summed E-state index contributed by atoms with van der Waals surface area (Å²) in [5.41, 5.74) is 2.00. The van der Waals surface area contributed by atoms with Gasteiger partial charge in [-0.25, -0.2) is 4.79 Å². The first-order valence-corrected chi connectivity index (χ1v) is 10.1. The Kier molecular flexibility index (Phi) is 8.23. The molecule has 2 amide bonds. The monoisotopic (exact) mass is 442 g/mol. The Morgan fingerprint density at radius 1 is 0.906 bits per heavy atom. The van der Waals surface area contributed by atoms with Crippen molar-refractivity contribution in [3.63, 3.8) is 0 Å². The van der Waals surface area contributed by atoms with Gasteiger partial charge in [0.15, 0.2) is 11.5 Å². The fraction of sp³-hybridized carbons (Fsp3) is 0.375. The molecule has 2 aromatic carbocycles. The number of hydrogen-bond donors (Lipinski definition) is 2. The quantitative estimate of drug-likeness (QED) is 0.606. The first-order chi connectivity index (χ1) is 15.1. The number of rotatable bonds is 8. The Bertz CT molecular complexity index is 977. The minimum Gasteiger partial charge on any atom is -0.493 e. The maximum absolute atomic E-state index is 12.4. The number of ether oxygens (including phenoxy) is 3. The highest BCUT2D eigenvalue weighted by atomic mass is 16.5. The van der Waals surface area contributed by atoms with E-state index >= 15 is 0 Å². The number of nitrogens with one attached hydrogen (secondary N) is 2. The molecular weight excluding hydrogens is 412 g/mol. The molecule has 0 atom stereocenters. The van der Waals surface area contributed by atoms with Crippen LogP contribution < -0.4 is 20.1 Å². The highest BCUT2D eigenvalue weighted by Crippen LogP contribution is 2.33. The fourth-order valence-corrected chi connectivity index (χ4v) is 2.99. The summed E-state index contributed by atoms with van der Waals surface area (Å²) in [7, 11) is 4.13. The van der Waals surface area contributed by atoms with Gasteiger partial charge in [0, 0.05) is 30.7 Å². The molecule has 8 heteroatoms. The standard InChI is InChI=1S/C24H30N2O6/c1-24(2,3)16-9-7-15(8-10-16)22(28)25-12-11-21(27)26-18-14-20(31-5)19(30-4)13-17(18)23(29)32-6/h7-10,13-14H,11-12H2,1-6H3,(H,25,28)(H,26,27). The van der Waals surface area contributed by atoms with E-state index in [2.05, 4.69) is 31.4 Å². The van der Waals surface area contributed by atoms with E-state index in [0.717, 1.165) is 5.56 Å². The summed E-state index contributed by atoms with van der Waals surface area (Å²) in [6, 6.07) is 10.3. The molecule has 0 heterocycles. The summed E-state index contributed by atoms with van der Waals surface area (Å²) in [5.74, 6) is -0.600. The van der Waals surface area contributed by atoms with Gasteiger partial charge in [-0.3, -0.25) is 9.59 Å². The summed E-state index contributed by atoms with van der Waals surface area (Å²) in [6.45, 7) is 6.44. The fourth-order valence-electron chi connectivity index (χ4n) is 2.99. The molecule has 32 heavy (non-hydrogen) atoms. The van der Waals surface area contributed by atoms with E-state index in [-0.39, 0.29) is 41.4 Å². The van der Waals surface area contributed by atoms with Crippen LogP contribution in [0, 0.1) is 0 Å². The molecule has 172 valence electrons. The Morgan fingerprint density at radius 3 is 2.03 bits per heavy atom. The zero-order valence-electron chi connectivity index (χ0n) is 19.3. The smallest absolute Gasteiger partial charge is 0.340 e. The van der Waals surface area contributed by atoms with E-state index in [1.54, 1.807) is 12.1 Å². The second-order valence-corrected chi connectivity index (χ2v) is 8.13. The van der Waals surface area contributed by atoms with Gasteiger partial charge in [0.2, 0.25) is 5.91 Å². The number of amides is 2. The van der Waals surface area contributed by atoms with E-state index < -0.39 is 5.97 Å². The average Bonchev–Trinajstić information content (AvgIpc) is 2.77. The number of hydrogen-bond acceptors (Lipinski definition) is 6. The van der Waals surface area contributed by atoms with Crippen LogP contribution in [-0.4, -0.2) is 45.7 Å². The van der Waals surface area contributed by atoms with Crippen LogP contribution in [0.3, 0.4) is 0 Å². The lowest BCUT2D eigenvalue weighted by atomic mass is 9.87. The van der Waals surface area contributed by atoms with Crippen LogP contribution in [0.5, 0.6) is 11.5 Å². The van der Waals surface area contributed by atoms with E-state index in [4.69, 9.17) is 14.2 Å². The van der Waals surface area contributed by atoms with Crippen molar-refractivity contribution in [2.24, 2.45) is 0 Å². The summed E-state index contributed by atoms with van der Waals surface area (Å²) >= 11 is 0. The second kappa shape index (κ2) is 10.7. The second-order valence-electron chi connectivity index (χ2n) is 8.13. The Labute approximate surface area is 188 Å². The van der Waals surface area contributed by atoms with Gasteiger partial charge >= 0.3 is 5.97 Å². The maximum atomic E-state index is 12.4. The molecule has 2 aromatic rings. The van der Waals surface area contributed by atoms with Gasteiger partial charge in [-0.05, 0) is 23.1 Å². The van der Waals surface area contributed by atoms with Crippen molar-refractivity contribution in [1.82, 2.24) is 5.32 Å². The number of methoxy groups -OCH3 is 3.